The first kappa shape index (κ1) is 16.6. The molecular formula is C15H11Cl3N2O2. The van der Waals surface area contributed by atoms with E-state index in [4.69, 9.17) is 34.8 Å². The Hall–Kier alpha value is -1.75. The van der Waals surface area contributed by atoms with Crippen molar-refractivity contribution in [3.05, 3.63) is 63.1 Å². The summed E-state index contributed by atoms with van der Waals surface area (Å²) in [4.78, 5) is 23.6. The summed E-state index contributed by atoms with van der Waals surface area (Å²) in [6, 6.07) is 11.7. The van der Waals surface area contributed by atoms with Gasteiger partial charge in [0.2, 0.25) is 0 Å². The maximum absolute atomic E-state index is 11.8. The van der Waals surface area contributed by atoms with Crippen LogP contribution in [0.1, 0.15) is 5.56 Å². The first-order valence-corrected chi connectivity index (χ1v) is 7.38. The summed E-state index contributed by atoms with van der Waals surface area (Å²) in [6.07, 6.45) is 0. The Morgan fingerprint density at radius 3 is 2.27 bits per heavy atom. The number of carbonyl (C=O) groups is 2. The molecule has 0 unspecified atom stereocenters. The third-order valence-electron chi connectivity index (χ3n) is 2.77. The van der Waals surface area contributed by atoms with Crippen molar-refractivity contribution in [2.45, 2.75) is 6.54 Å². The quantitative estimate of drug-likeness (QED) is 0.819. The Bertz CT molecular complexity index is 702. The number of hydrogen-bond donors (Lipinski definition) is 2. The molecule has 2 rings (SSSR count). The molecule has 0 fully saturated rings. The van der Waals surface area contributed by atoms with Gasteiger partial charge in [0.1, 0.15) is 0 Å². The van der Waals surface area contributed by atoms with Crippen molar-refractivity contribution in [2.75, 3.05) is 5.32 Å². The van der Waals surface area contributed by atoms with Crippen LogP contribution >= 0.6 is 34.8 Å². The number of amides is 2. The highest BCUT2D eigenvalue weighted by Crippen LogP contribution is 2.29. The minimum atomic E-state index is -0.821. The Kier molecular flexibility index (Phi) is 5.66. The zero-order chi connectivity index (χ0) is 16.1. The fourth-order valence-electron chi connectivity index (χ4n) is 1.64. The molecule has 7 heteroatoms. The number of hydrogen-bond acceptors (Lipinski definition) is 2. The van der Waals surface area contributed by atoms with Crippen LogP contribution in [0, 0.1) is 0 Å². The molecule has 0 aliphatic carbocycles. The molecule has 114 valence electrons. The third kappa shape index (κ3) is 4.37. The van der Waals surface area contributed by atoms with Crippen molar-refractivity contribution in [1.29, 1.82) is 0 Å². The Morgan fingerprint density at radius 2 is 1.59 bits per heavy atom. The van der Waals surface area contributed by atoms with E-state index in [2.05, 4.69) is 10.6 Å². The summed E-state index contributed by atoms with van der Waals surface area (Å²) in [5.74, 6) is -1.59. The lowest BCUT2D eigenvalue weighted by atomic mass is 10.2. The smallest absolute Gasteiger partial charge is 0.313 e. The van der Waals surface area contributed by atoms with Crippen LogP contribution in [-0.4, -0.2) is 11.8 Å². The van der Waals surface area contributed by atoms with E-state index in [1.807, 2.05) is 0 Å². The van der Waals surface area contributed by atoms with Crippen molar-refractivity contribution in [2.24, 2.45) is 0 Å². The minimum Gasteiger partial charge on any atom is -0.344 e. The SMILES string of the molecule is O=C(NCc1ccc(Cl)cc1)C(=O)Nc1cccc(Cl)c1Cl. The molecular weight excluding hydrogens is 347 g/mol. The van der Waals surface area contributed by atoms with Crippen LogP contribution in [0.25, 0.3) is 0 Å². The topological polar surface area (TPSA) is 58.2 Å². The van der Waals surface area contributed by atoms with Gasteiger partial charge in [0.25, 0.3) is 0 Å². The normalized spacial score (nSPS) is 10.1. The lowest BCUT2D eigenvalue weighted by Gasteiger charge is -2.08. The van der Waals surface area contributed by atoms with Crippen LogP contribution in [0.15, 0.2) is 42.5 Å². The third-order valence-corrected chi connectivity index (χ3v) is 3.84. The number of carbonyl (C=O) groups excluding carboxylic acids is 2. The standard InChI is InChI=1S/C15H11Cl3N2O2/c16-10-6-4-9(5-7-10)8-19-14(21)15(22)20-12-3-1-2-11(17)13(12)18/h1-7H,8H2,(H,19,21)(H,20,22). The molecule has 0 aromatic heterocycles. The van der Waals surface area contributed by atoms with Gasteiger partial charge in [0.15, 0.2) is 0 Å². The highest BCUT2D eigenvalue weighted by Gasteiger charge is 2.15. The van der Waals surface area contributed by atoms with Crippen LogP contribution in [0.2, 0.25) is 15.1 Å². The fraction of sp³-hybridized carbons (Fsp3) is 0.0667. The van der Waals surface area contributed by atoms with Gasteiger partial charge in [-0.1, -0.05) is 53.0 Å². The summed E-state index contributed by atoms with van der Waals surface area (Å²) in [5.41, 5.74) is 1.10. The molecule has 2 N–H and O–H groups in total. The van der Waals surface area contributed by atoms with E-state index in [1.54, 1.807) is 42.5 Å². The van der Waals surface area contributed by atoms with Gasteiger partial charge in [-0.25, -0.2) is 0 Å². The molecule has 22 heavy (non-hydrogen) atoms. The van der Waals surface area contributed by atoms with Gasteiger partial charge < -0.3 is 10.6 Å². The molecule has 0 spiro atoms. The van der Waals surface area contributed by atoms with Gasteiger partial charge in [-0.05, 0) is 29.8 Å². The van der Waals surface area contributed by atoms with Gasteiger partial charge in [-0.15, -0.1) is 0 Å². The molecule has 0 saturated carbocycles. The van der Waals surface area contributed by atoms with Crippen molar-refractivity contribution in [3.8, 4) is 0 Å². The number of anilines is 1. The summed E-state index contributed by atoms with van der Waals surface area (Å²) in [7, 11) is 0. The largest absolute Gasteiger partial charge is 0.344 e. The van der Waals surface area contributed by atoms with Crippen LogP contribution in [0.4, 0.5) is 5.69 Å². The molecule has 0 radical (unpaired) electrons. The zero-order valence-electron chi connectivity index (χ0n) is 11.2. The molecule has 2 amide bonds. The van der Waals surface area contributed by atoms with Gasteiger partial charge >= 0.3 is 11.8 Å². The monoisotopic (exact) mass is 356 g/mol. The molecule has 2 aromatic carbocycles. The lowest BCUT2D eigenvalue weighted by Crippen LogP contribution is -2.35. The van der Waals surface area contributed by atoms with Gasteiger partial charge in [-0.2, -0.15) is 0 Å². The Balaban J connectivity index is 1.93. The zero-order valence-corrected chi connectivity index (χ0v) is 13.5. The molecule has 0 aliphatic heterocycles. The highest BCUT2D eigenvalue weighted by molar-refractivity contribution is 6.45. The minimum absolute atomic E-state index is 0.183. The first-order valence-electron chi connectivity index (χ1n) is 6.25. The average Bonchev–Trinajstić information content (AvgIpc) is 2.51. The van der Waals surface area contributed by atoms with E-state index in [1.165, 1.54) is 0 Å². The number of benzene rings is 2. The maximum atomic E-state index is 11.8. The van der Waals surface area contributed by atoms with E-state index >= 15 is 0 Å². The molecule has 4 nitrogen and oxygen atoms in total. The number of rotatable bonds is 3. The fourth-order valence-corrected chi connectivity index (χ4v) is 2.12. The van der Waals surface area contributed by atoms with Crippen molar-refractivity contribution < 1.29 is 9.59 Å². The molecule has 0 atom stereocenters. The van der Waals surface area contributed by atoms with Crippen molar-refractivity contribution in [3.63, 3.8) is 0 Å². The van der Waals surface area contributed by atoms with Crippen LogP contribution in [0.5, 0.6) is 0 Å². The average molecular weight is 358 g/mol. The summed E-state index contributed by atoms with van der Waals surface area (Å²) in [5, 5.41) is 5.99. The molecule has 0 heterocycles. The van der Waals surface area contributed by atoms with Crippen molar-refractivity contribution >= 4 is 52.3 Å². The van der Waals surface area contributed by atoms with Gasteiger partial charge in [-0.3, -0.25) is 9.59 Å². The van der Waals surface area contributed by atoms with Crippen LogP contribution in [-0.2, 0) is 16.1 Å². The van der Waals surface area contributed by atoms with E-state index in [0.29, 0.717) is 10.0 Å². The van der Waals surface area contributed by atoms with E-state index in [-0.39, 0.29) is 17.3 Å². The predicted molar refractivity (Wildman–Crippen MR) is 88.4 cm³/mol. The second kappa shape index (κ2) is 7.49. The van der Waals surface area contributed by atoms with Crippen LogP contribution in [0.3, 0.4) is 0 Å². The highest BCUT2D eigenvalue weighted by atomic mass is 35.5. The lowest BCUT2D eigenvalue weighted by molar-refractivity contribution is -0.136. The van der Waals surface area contributed by atoms with Crippen LogP contribution < -0.4 is 10.6 Å². The van der Waals surface area contributed by atoms with E-state index in [9.17, 15) is 9.59 Å². The molecule has 0 saturated heterocycles. The predicted octanol–water partition coefficient (Wildman–Crippen LogP) is 3.90. The van der Waals surface area contributed by atoms with E-state index in [0.717, 1.165) is 5.56 Å². The Morgan fingerprint density at radius 1 is 0.909 bits per heavy atom. The van der Waals surface area contributed by atoms with Crippen molar-refractivity contribution in [1.82, 2.24) is 5.32 Å². The number of nitrogens with one attached hydrogen (secondary N) is 2. The number of halogens is 3. The Labute approximate surface area is 142 Å². The summed E-state index contributed by atoms with van der Waals surface area (Å²) >= 11 is 17.5. The molecule has 0 bridgehead atoms. The molecule has 2 aromatic rings. The summed E-state index contributed by atoms with van der Waals surface area (Å²) in [6.45, 7) is 0.215. The maximum Gasteiger partial charge on any atom is 0.313 e. The van der Waals surface area contributed by atoms with Gasteiger partial charge in [0.05, 0.1) is 15.7 Å². The van der Waals surface area contributed by atoms with Gasteiger partial charge in [0, 0.05) is 11.6 Å². The first-order chi connectivity index (χ1) is 10.5. The second-order valence-corrected chi connectivity index (χ2v) is 5.59. The molecule has 0 aliphatic rings. The van der Waals surface area contributed by atoms with E-state index < -0.39 is 11.8 Å². The summed E-state index contributed by atoms with van der Waals surface area (Å²) < 4.78 is 0. The second-order valence-electron chi connectivity index (χ2n) is 4.36.